The maximum absolute atomic E-state index is 14.8. The van der Waals surface area contributed by atoms with Crippen molar-refractivity contribution in [1.29, 1.82) is 0 Å². The number of pyridine rings is 1. The molecule has 0 spiro atoms. The van der Waals surface area contributed by atoms with Crippen molar-refractivity contribution in [3.8, 4) is 0 Å². The summed E-state index contributed by atoms with van der Waals surface area (Å²) in [5, 5.41) is 8.36. The summed E-state index contributed by atoms with van der Waals surface area (Å²) in [6.45, 7) is 0. The lowest BCUT2D eigenvalue weighted by Crippen LogP contribution is -2.46. The highest BCUT2D eigenvalue weighted by molar-refractivity contribution is 7.03. The van der Waals surface area contributed by atoms with E-state index in [9.17, 15) is 14.0 Å². The van der Waals surface area contributed by atoms with Crippen LogP contribution in [0.1, 0.15) is 47.8 Å². The molecule has 2 amide bonds. The number of rotatable bonds is 6. The van der Waals surface area contributed by atoms with Gasteiger partial charge in [-0.05, 0) is 54.2 Å². The van der Waals surface area contributed by atoms with Crippen molar-refractivity contribution >= 4 is 29.0 Å². The summed E-state index contributed by atoms with van der Waals surface area (Å²) in [5.74, 6) is -1.58. The zero-order valence-electron chi connectivity index (χ0n) is 16.1. The van der Waals surface area contributed by atoms with Gasteiger partial charge in [0.05, 0.1) is 5.69 Å². The van der Waals surface area contributed by atoms with E-state index in [1.165, 1.54) is 23.6 Å². The Morgan fingerprint density at radius 3 is 2.53 bits per heavy atom. The largest absolute Gasteiger partial charge is 0.351 e. The normalized spacial score (nSPS) is 15.0. The number of nitrogens with one attached hydrogen (secondary N) is 1. The highest BCUT2D eigenvalue weighted by Gasteiger charge is 2.36. The highest BCUT2D eigenvalue weighted by atomic mass is 32.1. The van der Waals surface area contributed by atoms with E-state index in [0.717, 1.165) is 42.1 Å². The third-order valence-electron chi connectivity index (χ3n) is 5.14. The van der Waals surface area contributed by atoms with Gasteiger partial charge in [0, 0.05) is 23.8 Å². The monoisotopic (exact) mass is 425 g/mol. The maximum atomic E-state index is 14.8. The van der Waals surface area contributed by atoms with Crippen LogP contribution in [-0.2, 0) is 4.79 Å². The molecule has 2 heterocycles. The lowest BCUT2D eigenvalue weighted by Gasteiger charge is -2.31. The van der Waals surface area contributed by atoms with Gasteiger partial charge in [-0.25, -0.2) is 4.39 Å². The van der Waals surface area contributed by atoms with E-state index < -0.39 is 17.8 Å². The second kappa shape index (κ2) is 9.08. The summed E-state index contributed by atoms with van der Waals surface area (Å²) >= 11 is 1.01. The van der Waals surface area contributed by atoms with Crippen LogP contribution in [-0.4, -0.2) is 32.4 Å². The highest BCUT2D eigenvalue weighted by Crippen LogP contribution is 2.32. The van der Waals surface area contributed by atoms with Crippen LogP contribution in [0.25, 0.3) is 0 Å². The fourth-order valence-corrected chi connectivity index (χ4v) is 4.14. The van der Waals surface area contributed by atoms with E-state index in [0.29, 0.717) is 5.56 Å². The Morgan fingerprint density at radius 2 is 1.87 bits per heavy atom. The van der Waals surface area contributed by atoms with Crippen molar-refractivity contribution in [1.82, 2.24) is 19.9 Å². The van der Waals surface area contributed by atoms with Gasteiger partial charge in [-0.2, -0.15) is 0 Å². The first-order valence-electron chi connectivity index (χ1n) is 9.70. The Hall–Kier alpha value is -3.20. The van der Waals surface area contributed by atoms with Crippen LogP contribution < -0.4 is 10.2 Å². The van der Waals surface area contributed by atoms with Gasteiger partial charge in [0.2, 0.25) is 5.91 Å². The van der Waals surface area contributed by atoms with Crippen LogP contribution in [0.15, 0.2) is 54.2 Å². The molecule has 0 unspecified atom stereocenters. The van der Waals surface area contributed by atoms with E-state index >= 15 is 0 Å². The number of para-hydroxylation sites is 1. The first-order valence-corrected chi connectivity index (χ1v) is 10.5. The topological polar surface area (TPSA) is 88.1 Å². The van der Waals surface area contributed by atoms with Crippen molar-refractivity contribution in [2.75, 3.05) is 4.90 Å². The number of aromatic nitrogens is 3. The number of halogens is 1. The first-order chi connectivity index (χ1) is 14.6. The van der Waals surface area contributed by atoms with Crippen molar-refractivity contribution in [2.45, 2.75) is 37.8 Å². The predicted molar refractivity (Wildman–Crippen MR) is 110 cm³/mol. The van der Waals surface area contributed by atoms with Gasteiger partial charge < -0.3 is 5.32 Å². The molecule has 9 heteroatoms. The molecule has 3 aromatic rings. The van der Waals surface area contributed by atoms with E-state index in [-0.39, 0.29) is 23.3 Å². The Balaban J connectivity index is 1.80. The minimum atomic E-state index is -1.08. The first kappa shape index (κ1) is 20.1. The van der Waals surface area contributed by atoms with Gasteiger partial charge in [0.15, 0.2) is 5.69 Å². The quantitative estimate of drug-likeness (QED) is 0.653. The molecule has 154 valence electrons. The average Bonchev–Trinajstić information content (AvgIpc) is 3.47. The summed E-state index contributed by atoms with van der Waals surface area (Å²) in [5.41, 5.74) is 0.579. The molecule has 0 aliphatic heterocycles. The number of amides is 2. The molecule has 7 nitrogen and oxygen atoms in total. The minimum Gasteiger partial charge on any atom is -0.351 e. The third kappa shape index (κ3) is 4.20. The van der Waals surface area contributed by atoms with E-state index in [1.54, 1.807) is 30.6 Å². The van der Waals surface area contributed by atoms with Crippen molar-refractivity contribution in [3.05, 3.63) is 71.2 Å². The minimum absolute atomic E-state index is 0.00103. The molecule has 1 aliphatic rings. The van der Waals surface area contributed by atoms with Crippen LogP contribution in [0.5, 0.6) is 0 Å². The molecule has 1 fully saturated rings. The molecule has 1 atom stereocenters. The number of carbonyl (C=O) groups is 2. The fraction of sp³-hybridized carbons (Fsp3) is 0.286. The number of anilines is 1. The SMILES string of the molecule is O=C(NC1CCCC1)[C@@H](c1ccncc1)N(C(=O)c1csnn1)c1ccccc1F. The Kier molecular flexibility index (Phi) is 6.08. The molecular formula is C21H20FN5O2S. The number of nitrogens with zero attached hydrogens (tertiary/aromatic N) is 4. The van der Waals surface area contributed by atoms with Gasteiger partial charge >= 0.3 is 0 Å². The van der Waals surface area contributed by atoms with Crippen molar-refractivity contribution < 1.29 is 14.0 Å². The third-order valence-corrected chi connectivity index (χ3v) is 5.64. The van der Waals surface area contributed by atoms with E-state index in [4.69, 9.17) is 0 Å². The Bertz CT molecular complexity index is 1010. The van der Waals surface area contributed by atoms with Crippen LogP contribution >= 0.6 is 11.5 Å². The van der Waals surface area contributed by atoms with Crippen LogP contribution in [0.4, 0.5) is 10.1 Å². The van der Waals surface area contributed by atoms with Crippen LogP contribution in [0.2, 0.25) is 0 Å². The van der Waals surface area contributed by atoms with E-state index in [2.05, 4.69) is 19.9 Å². The van der Waals surface area contributed by atoms with Crippen LogP contribution in [0.3, 0.4) is 0 Å². The molecule has 30 heavy (non-hydrogen) atoms. The van der Waals surface area contributed by atoms with Crippen molar-refractivity contribution in [3.63, 3.8) is 0 Å². The van der Waals surface area contributed by atoms with Gasteiger partial charge in [-0.15, -0.1) is 5.10 Å². The molecule has 0 radical (unpaired) electrons. The zero-order chi connectivity index (χ0) is 20.9. The average molecular weight is 425 g/mol. The predicted octanol–water partition coefficient (Wildman–Crippen LogP) is 3.52. The summed E-state index contributed by atoms with van der Waals surface area (Å²) in [6.07, 6.45) is 6.95. The van der Waals surface area contributed by atoms with Gasteiger partial charge in [0.1, 0.15) is 11.9 Å². The molecule has 2 aromatic heterocycles. The number of hydrogen-bond acceptors (Lipinski definition) is 6. The second-order valence-electron chi connectivity index (χ2n) is 7.09. The lowest BCUT2D eigenvalue weighted by atomic mass is 10.0. The standard InChI is InChI=1S/C21H20FN5O2S/c22-16-7-3-4-8-18(16)27(21(29)17-13-30-26-25-17)19(14-9-11-23-12-10-14)20(28)24-15-5-1-2-6-15/h3-4,7-13,15,19H,1-2,5-6H2,(H,24,28)/t19-/m1/s1. The summed E-state index contributed by atoms with van der Waals surface area (Å²) < 4.78 is 18.6. The fourth-order valence-electron chi connectivity index (χ4n) is 3.71. The molecule has 0 saturated heterocycles. The second-order valence-corrected chi connectivity index (χ2v) is 7.70. The van der Waals surface area contributed by atoms with E-state index in [1.807, 2.05) is 0 Å². The number of benzene rings is 1. The number of carbonyl (C=O) groups excluding carboxylic acids is 2. The Morgan fingerprint density at radius 1 is 1.13 bits per heavy atom. The van der Waals surface area contributed by atoms with Crippen molar-refractivity contribution in [2.24, 2.45) is 0 Å². The Labute approximate surface area is 177 Å². The van der Waals surface area contributed by atoms with Gasteiger partial charge in [-0.1, -0.05) is 29.5 Å². The molecule has 1 aliphatic carbocycles. The number of hydrogen-bond donors (Lipinski definition) is 1. The molecule has 1 N–H and O–H groups in total. The smallest absolute Gasteiger partial charge is 0.280 e. The molecule has 4 rings (SSSR count). The summed E-state index contributed by atoms with van der Waals surface area (Å²) in [7, 11) is 0. The summed E-state index contributed by atoms with van der Waals surface area (Å²) in [6, 6.07) is 8.15. The molecular weight excluding hydrogens is 405 g/mol. The van der Waals surface area contributed by atoms with Gasteiger partial charge in [-0.3, -0.25) is 19.5 Å². The van der Waals surface area contributed by atoms with Crippen LogP contribution in [0, 0.1) is 5.82 Å². The molecule has 1 saturated carbocycles. The van der Waals surface area contributed by atoms with Gasteiger partial charge in [0.25, 0.3) is 5.91 Å². The lowest BCUT2D eigenvalue weighted by molar-refractivity contribution is -0.123. The maximum Gasteiger partial charge on any atom is 0.280 e. The zero-order valence-corrected chi connectivity index (χ0v) is 16.9. The summed E-state index contributed by atoms with van der Waals surface area (Å²) in [4.78, 5) is 32.0. The molecule has 1 aromatic carbocycles. The molecule has 0 bridgehead atoms.